The van der Waals surface area contributed by atoms with Crippen molar-refractivity contribution in [1.82, 2.24) is 10.3 Å². The molecule has 106 valence electrons. The van der Waals surface area contributed by atoms with Gasteiger partial charge in [-0.05, 0) is 24.6 Å². The zero-order valence-electron chi connectivity index (χ0n) is 10.7. The Morgan fingerprint density at radius 2 is 2.10 bits per heavy atom. The van der Waals surface area contributed by atoms with Crippen LogP contribution in [-0.4, -0.2) is 22.2 Å². The van der Waals surface area contributed by atoms with Gasteiger partial charge in [0.05, 0.1) is 12.1 Å². The van der Waals surface area contributed by atoms with Crippen LogP contribution in [0.5, 0.6) is 0 Å². The molecule has 3 N–H and O–H groups in total. The number of aromatic nitrogens is 1. The first-order valence-corrected chi connectivity index (χ1v) is 6.85. The number of aliphatic hydroxyl groups excluding tert-OH is 1. The largest absolute Gasteiger partial charge is 0.386 e. The van der Waals surface area contributed by atoms with E-state index in [9.17, 15) is 14.3 Å². The minimum atomic E-state index is -0.919. The molecule has 0 bridgehead atoms. The Hall–Kier alpha value is -1.99. The molecule has 0 aliphatic heterocycles. The van der Waals surface area contributed by atoms with Crippen LogP contribution in [0.15, 0.2) is 35.8 Å². The highest BCUT2D eigenvalue weighted by Crippen LogP contribution is 2.17. The zero-order chi connectivity index (χ0) is 14.5. The first-order chi connectivity index (χ1) is 9.56. The maximum Gasteiger partial charge on any atom is 0.321 e. The molecule has 0 saturated carbocycles. The first-order valence-electron chi connectivity index (χ1n) is 5.97. The van der Waals surface area contributed by atoms with Crippen LogP contribution in [0, 0.1) is 5.82 Å². The van der Waals surface area contributed by atoms with Crippen molar-refractivity contribution in [3.63, 3.8) is 0 Å². The number of benzene rings is 1. The molecule has 2 atom stereocenters. The van der Waals surface area contributed by atoms with Gasteiger partial charge < -0.3 is 10.4 Å². The predicted molar refractivity (Wildman–Crippen MR) is 75.1 cm³/mol. The van der Waals surface area contributed by atoms with Crippen molar-refractivity contribution in [3.8, 4) is 0 Å². The van der Waals surface area contributed by atoms with E-state index >= 15 is 0 Å². The Kier molecular flexibility index (Phi) is 4.65. The Morgan fingerprint density at radius 3 is 2.70 bits per heavy atom. The maximum atomic E-state index is 12.8. The third-order valence-corrected chi connectivity index (χ3v) is 3.39. The SMILES string of the molecule is C[C@@H](NC(=O)Nc1nccs1)[C@H](O)c1ccc(F)cc1. The number of urea groups is 1. The molecule has 0 unspecified atom stereocenters. The topological polar surface area (TPSA) is 74.2 Å². The molecule has 20 heavy (non-hydrogen) atoms. The molecule has 1 aromatic heterocycles. The number of nitrogens with zero attached hydrogens (tertiary/aromatic N) is 1. The number of nitrogens with one attached hydrogen (secondary N) is 2. The summed E-state index contributed by atoms with van der Waals surface area (Å²) in [5.41, 5.74) is 0.536. The van der Waals surface area contributed by atoms with Crippen molar-refractivity contribution in [2.75, 3.05) is 5.32 Å². The van der Waals surface area contributed by atoms with Crippen molar-refractivity contribution >= 4 is 22.5 Å². The number of hydrogen-bond acceptors (Lipinski definition) is 4. The van der Waals surface area contributed by atoms with Crippen LogP contribution in [0.1, 0.15) is 18.6 Å². The number of thiazole rings is 1. The number of carbonyl (C=O) groups is 1. The molecular formula is C13H14FN3O2S. The second-order valence-electron chi connectivity index (χ2n) is 4.22. The van der Waals surface area contributed by atoms with Gasteiger partial charge in [0, 0.05) is 11.6 Å². The quantitative estimate of drug-likeness (QED) is 0.811. The van der Waals surface area contributed by atoms with Gasteiger partial charge >= 0.3 is 6.03 Å². The third-order valence-electron chi connectivity index (χ3n) is 2.70. The molecule has 2 aromatic rings. The van der Waals surface area contributed by atoms with Crippen LogP contribution >= 0.6 is 11.3 Å². The molecule has 7 heteroatoms. The van der Waals surface area contributed by atoms with Crippen molar-refractivity contribution in [3.05, 3.63) is 47.2 Å². The van der Waals surface area contributed by atoms with E-state index < -0.39 is 18.2 Å². The van der Waals surface area contributed by atoms with E-state index in [1.54, 1.807) is 18.5 Å². The van der Waals surface area contributed by atoms with Gasteiger partial charge in [0.2, 0.25) is 0 Å². The molecule has 0 fully saturated rings. The number of carbonyl (C=O) groups excluding carboxylic acids is 1. The van der Waals surface area contributed by atoms with Crippen LogP contribution in [-0.2, 0) is 0 Å². The van der Waals surface area contributed by atoms with E-state index in [1.165, 1.54) is 35.6 Å². The predicted octanol–water partition coefficient (Wildman–Crippen LogP) is 2.53. The molecular weight excluding hydrogens is 281 g/mol. The molecule has 0 spiro atoms. The summed E-state index contributed by atoms with van der Waals surface area (Å²) in [6, 6.07) is 4.52. The van der Waals surface area contributed by atoms with E-state index in [0.29, 0.717) is 10.7 Å². The Morgan fingerprint density at radius 1 is 1.40 bits per heavy atom. The van der Waals surface area contributed by atoms with Gasteiger partial charge in [0.15, 0.2) is 5.13 Å². The Bertz CT molecular complexity index is 560. The van der Waals surface area contributed by atoms with E-state index in [2.05, 4.69) is 15.6 Å². The smallest absolute Gasteiger partial charge is 0.321 e. The van der Waals surface area contributed by atoms with Gasteiger partial charge in [0.1, 0.15) is 5.82 Å². The van der Waals surface area contributed by atoms with Crippen LogP contribution < -0.4 is 10.6 Å². The highest BCUT2D eigenvalue weighted by Gasteiger charge is 2.18. The second kappa shape index (κ2) is 6.44. The Balaban J connectivity index is 1.91. The molecule has 0 saturated heterocycles. The molecule has 1 heterocycles. The molecule has 5 nitrogen and oxygen atoms in total. The van der Waals surface area contributed by atoms with Gasteiger partial charge in [-0.3, -0.25) is 5.32 Å². The average Bonchev–Trinajstić information content (AvgIpc) is 2.91. The first kappa shape index (κ1) is 14.4. The average molecular weight is 295 g/mol. The van der Waals surface area contributed by atoms with Crippen LogP contribution in [0.3, 0.4) is 0 Å². The van der Waals surface area contributed by atoms with Crippen LogP contribution in [0.25, 0.3) is 0 Å². The molecule has 0 aliphatic carbocycles. The normalized spacial score (nSPS) is 13.6. The second-order valence-corrected chi connectivity index (χ2v) is 5.12. The lowest BCUT2D eigenvalue weighted by Crippen LogP contribution is -2.39. The molecule has 2 rings (SSSR count). The highest BCUT2D eigenvalue weighted by molar-refractivity contribution is 7.13. The minimum absolute atomic E-state index is 0.372. The van der Waals surface area contributed by atoms with E-state index in [4.69, 9.17) is 0 Å². The number of aliphatic hydroxyl groups is 1. The summed E-state index contributed by atoms with van der Waals surface area (Å²) >= 11 is 1.30. The summed E-state index contributed by atoms with van der Waals surface area (Å²) in [5.74, 6) is -0.372. The molecule has 0 radical (unpaired) electrons. The monoisotopic (exact) mass is 295 g/mol. The Labute approximate surface area is 119 Å². The summed E-state index contributed by atoms with van der Waals surface area (Å²) in [5, 5.41) is 17.5. The van der Waals surface area contributed by atoms with Crippen molar-refractivity contribution in [1.29, 1.82) is 0 Å². The number of anilines is 1. The van der Waals surface area contributed by atoms with E-state index in [1.807, 2.05) is 0 Å². The van der Waals surface area contributed by atoms with Gasteiger partial charge in [-0.15, -0.1) is 11.3 Å². The van der Waals surface area contributed by atoms with E-state index in [-0.39, 0.29) is 5.82 Å². The third kappa shape index (κ3) is 3.75. The lowest BCUT2D eigenvalue weighted by molar-refractivity contribution is 0.139. The van der Waals surface area contributed by atoms with E-state index in [0.717, 1.165) is 0 Å². The maximum absolute atomic E-state index is 12.8. The summed E-state index contributed by atoms with van der Waals surface area (Å²) < 4.78 is 12.8. The van der Waals surface area contributed by atoms with Crippen molar-refractivity contribution in [2.24, 2.45) is 0 Å². The highest BCUT2D eigenvalue weighted by atomic mass is 32.1. The molecule has 2 amide bonds. The summed E-state index contributed by atoms with van der Waals surface area (Å²) in [4.78, 5) is 15.6. The fourth-order valence-electron chi connectivity index (χ4n) is 1.65. The van der Waals surface area contributed by atoms with Crippen molar-refractivity contribution in [2.45, 2.75) is 19.1 Å². The van der Waals surface area contributed by atoms with Crippen LogP contribution in [0.2, 0.25) is 0 Å². The molecule has 0 aliphatic rings. The summed E-state index contributed by atoms with van der Waals surface area (Å²) in [7, 11) is 0. The summed E-state index contributed by atoms with van der Waals surface area (Å²) in [6.45, 7) is 1.66. The number of amides is 2. The zero-order valence-corrected chi connectivity index (χ0v) is 11.5. The number of hydrogen-bond donors (Lipinski definition) is 3. The van der Waals surface area contributed by atoms with Crippen molar-refractivity contribution < 1.29 is 14.3 Å². The van der Waals surface area contributed by atoms with Gasteiger partial charge in [-0.1, -0.05) is 12.1 Å². The summed E-state index contributed by atoms with van der Waals surface area (Å²) in [6.07, 6.45) is 0.662. The van der Waals surface area contributed by atoms with Crippen LogP contribution in [0.4, 0.5) is 14.3 Å². The number of rotatable bonds is 4. The van der Waals surface area contributed by atoms with Gasteiger partial charge in [-0.25, -0.2) is 14.2 Å². The van der Waals surface area contributed by atoms with Gasteiger partial charge in [0.25, 0.3) is 0 Å². The minimum Gasteiger partial charge on any atom is -0.386 e. The van der Waals surface area contributed by atoms with Gasteiger partial charge in [-0.2, -0.15) is 0 Å². The standard InChI is InChI=1S/C13H14FN3O2S/c1-8(11(18)9-2-4-10(14)5-3-9)16-12(19)17-13-15-6-7-20-13/h2-8,11,18H,1H3,(H2,15,16,17,19)/t8-,11+/m1/s1. The number of halogens is 1. The lowest BCUT2D eigenvalue weighted by Gasteiger charge is -2.20. The fourth-order valence-corrected chi connectivity index (χ4v) is 2.18. The molecule has 1 aromatic carbocycles. The fraction of sp³-hybridized carbons (Fsp3) is 0.231. The lowest BCUT2D eigenvalue weighted by atomic mass is 10.0.